The van der Waals surface area contributed by atoms with E-state index in [0.717, 1.165) is 50.9 Å². The van der Waals surface area contributed by atoms with E-state index in [1.54, 1.807) is 24.3 Å². The normalized spacial score (nSPS) is 14.8. The second-order valence-corrected chi connectivity index (χ2v) is 9.55. The number of carbonyl (C=O) groups is 1. The standard InChI is InChI=1S/C30H31N3O3/c34-30(35)26-13-11-25(12-14-26)29-31-28(36-32-29)21-22-15-18-33(19-16-22)20-17-27(23-7-3-1-4-8-23)24-9-5-2-6-10-24/h1-14,22,27H,15-21H2,(H,34,35). The number of rotatable bonds is 9. The van der Waals surface area contributed by atoms with Gasteiger partial charge >= 0.3 is 5.97 Å². The van der Waals surface area contributed by atoms with E-state index >= 15 is 0 Å². The van der Waals surface area contributed by atoms with E-state index in [-0.39, 0.29) is 5.56 Å². The summed E-state index contributed by atoms with van der Waals surface area (Å²) < 4.78 is 5.51. The second kappa shape index (κ2) is 11.3. The Morgan fingerprint density at radius 3 is 2.11 bits per heavy atom. The van der Waals surface area contributed by atoms with Gasteiger partial charge in [-0.3, -0.25) is 0 Å². The van der Waals surface area contributed by atoms with Gasteiger partial charge in [0.1, 0.15) is 0 Å². The van der Waals surface area contributed by atoms with Crippen LogP contribution < -0.4 is 0 Å². The first-order valence-electron chi connectivity index (χ1n) is 12.6. The maximum absolute atomic E-state index is 11.0. The summed E-state index contributed by atoms with van der Waals surface area (Å²) in [5, 5.41) is 13.2. The molecule has 6 heteroatoms. The number of likely N-dealkylation sites (tertiary alicyclic amines) is 1. The molecule has 0 aliphatic carbocycles. The Hall–Kier alpha value is -3.77. The first-order chi connectivity index (χ1) is 17.7. The zero-order valence-corrected chi connectivity index (χ0v) is 20.3. The van der Waals surface area contributed by atoms with Gasteiger partial charge in [-0.1, -0.05) is 78.0 Å². The molecule has 1 aliphatic heterocycles. The molecular weight excluding hydrogens is 450 g/mol. The number of hydrogen-bond donors (Lipinski definition) is 1. The summed E-state index contributed by atoms with van der Waals surface area (Å²) in [7, 11) is 0. The molecule has 0 spiro atoms. The van der Waals surface area contributed by atoms with Gasteiger partial charge in [0.15, 0.2) is 0 Å². The lowest BCUT2D eigenvalue weighted by atomic mass is 9.87. The van der Waals surface area contributed by atoms with Crippen LogP contribution in [0.3, 0.4) is 0 Å². The van der Waals surface area contributed by atoms with E-state index in [4.69, 9.17) is 9.63 Å². The average molecular weight is 482 g/mol. The number of aromatic nitrogens is 2. The van der Waals surface area contributed by atoms with Crippen molar-refractivity contribution in [2.75, 3.05) is 19.6 Å². The molecule has 6 nitrogen and oxygen atoms in total. The van der Waals surface area contributed by atoms with Crippen LogP contribution in [0.15, 0.2) is 89.5 Å². The molecule has 0 amide bonds. The predicted octanol–water partition coefficient (Wildman–Crippen LogP) is 5.91. The maximum atomic E-state index is 11.0. The SMILES string of the molecule is O=C(O)c1ccc(-c2noc(CC3CCN(CCC(c4ccccc4)c4ccccc4)CC3)n2)cc1. The van der Waals surface area contributed by atoms with Crippen LogP contribution in [0.25, 0.3) is 11.4 Å². The molecule has 36 heavy (non-hydrogen) atoms. The molecule has 1 aliphatic rings. The molecule has 0 unspecified atom stereocenters. The molecule has 1 saturated heterocycles. The van der Waals surface area contributed by atoms with Crippen molar-refractivity contribution in [2.24, 2.45) is 5.92 Å². The minimum absolute atomic E-state index is 0.244. The van der Waals surface area contributed by atoms with Crippen LogP contribution in [-0.2, 0) is 6.42 Å². The van der Waals surface area contributed by atoms with Gasteiger partial charge in [0.2, 0.25) is 11.7 Å². The zero-order valence-electron chi connectivity index (χ0n) is 20.3. The molecular formula is C30H31N3O3. The first kappa shape index (κ1) is 23.9. The van der Waals surface area contributed by atoms with Crippen LogP contribution >= 0.6 is 0 Å². The van der Waals surface area contributed by atoms with Gasteiger partial charge in [0.05, 0.1) is 5.56 Å². The lowest BCUT2D eigenvalue weighted by Gasteiger charge is -2.32. The average Bonchev–Trinajstić information content (AvgIpc) is 3.39. The fraction of sp³-hybridized carbons (Fsp3) is 0.300. The third-order valence-electron chi connectivity index (χ3n) is 7.17. The molecule has 3 aromatic carbocycles. The van der Waals surface area contributed by atoms with E-state index in [1.165, 1.54) is 11.1 Å². The molecule has 0 saturated carbocycles. The molecule has 4 aromatic rings. The fourth-order valence-electron chi connectivity index (χ4n) is 5.09. The molecule has 5 rings (SSSR count). The molecule has 0 radical (unpaired) electrons. The summed E-state index contributed by atoms with van der Waals surface area (Å²) >= 11 is 0. The first-order valence-corrected chi connectivity index (χ1v) is 12.6. The number of carboxylic acids is 1. The number of carboxylic acid groups (broad SMARTS) is 1. The molecule has 0 bridgehead atoms. The Morgan fingerprint density at radius 2 is 1.53 bits per heavy atom. The molecule has 1 fully saturated rings. The van der Waals surface area contributed by atoms with Crippen LogP contribution in [0, 0.1) is 5.92 Å². The smallest absolute Gasteiger partial charge is 0.335 e. The van der Waals surface area contributed by atoms with Crippen molar-refractivity contribution in [3.8, 4) is 11.4 Å². The van der Waals surface area contributed by atoms with Crippen molar-refractivity contribution >= 4 is 5.97 Å². The minimum atomic E-state index is -0.947. The van der Waals surface area contributed by atoms with Crippen LogP contribution in [0.2, 0.25) is 0 Å². The van der Waals surface area contributed by atoms with Crippen LogP contribution in [0.5, 0.6) is 0 Å². The summed E-state index contributed by atoms with van der Waals surface area (Å²) in [4.78, 5) is 18.2. The van der Waals surface area contributed by atoms with Gasteiger partial charge in [-0.2, -0.15) is 4.98 Å². The van der Waals surface area contributed by atoms with Crippen LogP contribution in [0.1, 0.15) is 52.6 Å². The fourth-order valence-corrected chi connectivity index (χ4v) is 5.09. The highest BCUT2D eigenvalue weighted by Gasteiger charge is 2.23. The van der Waals surface area contributed by atoms with Crippen molar-refractivity contribution < 1.29 is 14.4 Å². The number of aromatic carboxylic acids is 1. The molecule has 2 heterocycles. The molecule has 184 valence electrons. The van der Waals surface area contributed by atoms with Crippen molar-refractivity contribution in [1.82, 2.24) is 15.0 Å². The quantitative estimate of drug-likeness (QED) is 0.320. The van der Waals surface area contributed by atoms with E-state index in [2.05, 4.69) is 75.7 Å². The zero-order chi connectivity index (χ0) is 24.7. The lowest BCUT2D eigenvalue weighted by molar-refractivity contribution is 0.0697. The Labute approximate surface area is 211 Å². The van der Waals surface area contributed by atoms with Gasteiger partial charge in [-0.05, 0) is 68.1 Å². The number of benzene rings is 3. The van der Waals surface area contributed by atoms with Crippen molar-refractivity contribution in [1.29, 1.82) is 0 Å². The summed E-state index contributed by atoms with van der Waals surface area (Å²) in [5.41, 5.74) is 3.76. The highest BCUT2D eigenvalue weighted by molar-refractivity contribution is 5.88. The number of hydrogen-bond acceptors (Lipinski definition) is 5. The lowest BCUT2D eigenvalue weighted by Crippen LogP contribution is -2.35. The van der Waals surface area contributed by atoms with Crippen LogP contribution in [-0.4, -0.2) is 45.8 Å². The third kappa shape index (κ3) is 5.89. The van der Waals surface area contributed by atoms with Gasteiger partial charge in [-0.25, -0.2) is 4.79 Å². The van der Waals surface area contributed by atoms with Crippen molar-refractivity contribution in [3.05, 3.63) is 108 Å². The minimum Gasteiger partial charge on any atom is -0.478 e. The van der Waals surface area contributed by atoms with E-state index in [0.29, 0.717) is 23.6 Å². The third-order valence-corrected chi connectivity index (χ3v) is 7.17. The topological polar surface area (TPSA) is 79.5 Å². The van der Waals surface area contributed by atoms with E-state index < -0.39 is 5.97 Å². The van der Waals surface area contributed by atoms with Gasteiger partial charge < -0.3 is 14.5 Å². The molecule has 0 atom stereocenters. The molecule has 1 N–H and O–H groups in total. The number of piperidine rings is 1. The van der Waals surface area contributed by atoms with Gasteiger partial charge in [0, 0.05) is 17.9 Å². The van der Waals surface area contributed by atoms with E-state index in [1.807, 2.05) is 0 Å². The van der Waals surface area contributed by atoms with Gasteiger partial charge in [0.25, 0.3) is 0 Å². The monoisotopic (exact) mass is 481 g/mol. The predicted molar refractivity (Wildman–Crippen MR) is 139 cm³/mol. The Kier molecular flexibility index (Phi) is 7.52. The maximum Gasteiger partial charge on any atom is 0.335 e. The summed E-state index contributed by atoms with van der Waals surface area (Å²) in [6.45, 7) is 3.25. The molecule has 1 aromatic heterocycles. The van der Waals surface area contributed by atoms with Gasteiger partial charge in [-0.15, -0.1) is 0 Å². The van der Waals surface area contributed by atoms with E-state index in [9.17, 15) is 4.79 Å². The summed E-state index contributed by atoms with van der Waals surface area (Å²) in [6, 6.07) is 28.2. The number of nitrogens with zero attached hydrogens (tertiary/aromatic N) is 3. The summed E-state index contributed by atoms with van der Waals surface area (Å²) in [6.07, 6.45) is 4.12. The highest BCUT2D eigenvalue weighted by Crippen LogP contribution is 2.29. The Bertz CT molecular complexity index is 1210. The summed E-state index contributed by atoms with van der Waals surface area (Å²) in [5.74, 6) is 1.15. The largest absolute Gasteiger partial charge is 0.478 e. The Morgan fingerprint density at radius 1 is 0.917 bits per heavy atom. The van der Waals surface area contributed by atoms with Crippen molar-refractivity contribution in [3.63, 3.8) is 0 Å². The van der Waals surface area contributed by atoms with Crippen LogP contribution in [0.4, 0.5) is 0 Å². The van der Waals surface area contributed by atoms with Crippen molar-refractivity contribution in [2.45, 2.75) is 31.6 Å². The Balaban J connectivity index is 1.13. The highest BCUT2D eigenvalue weighted by atomic mass is 16.5. The second-order valence-electron chi connectivity index (χ2n) is 9.55.